The highest BCUT2D eigenvalue weighted by molar-refractivity contribution is 4.71. The van der Waals surface area contributed by atoms with Gasteiger partial charge in [0.25, 0.3) is 0 Å². The molecular formula is C12H25NO. The average molecular weight is 199 g/mol. The molecule has 0 aromatic carbocycles. The quantitative estimate of drug-likeness (QED) is 0.710. The van der Waals surface area contributed by atoms with Crippen molar-refractivity contribution in [2.75, 3.05) is 20.2 Å². The van der Waals surface area contributed by atoms with Crippen molar-refractivity contribution in [3.63, 3.8) is 0 Å². The van der Waals surface area contributed by atoms with E-state index in [1.807, 2.05) is 7.05 Å². The summed E-state index contributed by atoms with van der Waals surface area (Å²) in [7, 11) is 2.01. The molecule has 0 amide bonds. The Morgan fingerprint density at radius 1 is 1.29 bits per heavy atom. The van der Waals surface area contributed by atoms with Crippen molar-refractivity contribution >= 4 is 0 Å². The molecule has 1 aliphatic carbocycles. The molecule has 0 saturated heterocycles. The zero-order chi connectivity index (χ0) is 10.2. The second-order valence-electron chi connectivity index (χ2n) is 4.37. The molecule has 0 aliphatic heterocycles. The minimum atomic E-state index is 0.438. The topological polar surface area (TPSA) is 21.3 Å². The van der Waals surface area contributed by atoms with Crippen molar-refractivity contribution in [2.45, 2.75) is 51.6 Å². The molecule has 1 rings (SSSR count). The van der Waals surface area contributed by atoms with Gasteiger partial charge in [-0.15, -0.1) is 0 Å². The molecule has 1 fully saturated rings. The van der Waals surface area contributed by atoms with Gasteiger partial charge in [-0.3, -0.25) is 0 Å². The summed E-state index contributed by atoms with van der Waals surface area (Å²) in [5.74, 6) is 0.925. The van der Waals surface area contributed by atoms with Gasteiger partial charge in [0.15, 0.2) is 0 Å². The van der Waals surface area contributed by atoms with E-state index in [0.717, 1.165) is 19.1 Å². The number of rotatable bonds is 6. The van der Waals surface area contributed by atoms with Crippen molar-refractivity contribution in [3.8, 4) is 0 Å². The van der Waals surface area contributed by atoms with Crippen LogP contribution in [0.25, 0.3) is 0 Å². The molecule has 0 aromatic heterocycles. The second kappa shape index (κ2) is 7.24. The molecule has 2 heteroatoms. The van der Waals surface area contributed by atoms with Crippen molar-refractivity contribution in [2.24, 2.45) is 5.92 Å². The van der Waals surface area contributed by atoms with Crippen molar-refractivity contribution in [1.29, 1.82) is 0 Å². The Kier molecular flexibility index (Phi) is 6.20. The summed E-state index contributed by atoms with van der Waals surface area (Å²) in [6, 6.07) is 0. The first kappa shape index (κ1) is 12.0. The van der Waals surface area contributed by atoms with E-state index >= 15 is 0 Å². The molecule has 1 aliphatic rings. The van der Waals surface area contributed by atoms with E-state index in [-0.39, 0.29) is 0 Å². The second-order valence-corrected chi connectivity index (χ2v) is 4.37. The van der Waals surface area contributed by atoms with Crippen LogP contribution in [0.2, 0.25) is 0 Å². The molecule has 1 saturated carbocycles. The van der Waals surface area contributed by atoms with Crippen LogP contribution in [0, 0.1) is 5.92 Å². The number of hydrogen-bond donors (Lipinski definition) is 1. The highest BCUT2D eigenvalue weighted by atomic mass is 16.5. The summed E-state index contributed by atoms with van der Waals surface area (Å²) in [4.78, 5) is 0. The van der Waals surface area contributed by atoms with Gasteiger partial charge in [-0.25, -0.2) is 0 Å². The van der Waals surface area contributed by atoms with E-state index in [1.165, 1.54) is 38.5 Å². The lowest BCUT2D eigenvalue weighted by atomic mass is 9.85. The largest absolute Gasteiger partial charge is 0.377 e. The van der Waals surface area contributed by atoms with E-state index in [1.54, 1.807) is 0 Å². The van der Waals surface area contributed by atoms with Gasteiger partial charge in [0.05, 0.1) is 6.10 Å². The van der Waals surface area contributed by atoms with Crippen molar-refractivity contribution in [1.82, 2.24) is 5.32 Å². The summed E-state index contributed by atoms with van der Waals surface area (Å²) >= 11 is 0. The fraction of sp³-hybridized carbons (Fsp3) is 1.00. The molecule has 0 bridgehead atoms. The van der Waals surface area contributed by atoms with E-state index in [2.05, 4.69) is 12.2 Å². The number of nitrogens with one attached hydrogen (secondary N) is 1. The van der Waals surface area contributed by atoms with Gasteiger partial charge in [0.2, 0.25) is 0 Å². The van der Waals surface area contributed by atoms with Crippen molar-refractivity contribution in [3.05, 3.63) is 0 Å². The molecule has 1 N–H and O–H groups in total. The minimum absolute atomic E-state index is 0.438. The molecule has 0 aromatic rings. The lowest BCUT2D eigenvalue weighted by Crippen LogP contribution is -2.29. The van der Waals surface area contributed by atoms with Crippen LogP contribution in [-0.4, -0.2) is 26.3 Å². The molecule has 1 unspecified atom stereocenters. The van der Waals surface area contributed by atoms with E-state index < -0.39 is 0 Å². The molecule has 0 spiro atoms. The first-order valence-corrected chi connectivity index (χ1v) is 6.13. The standard InChI is InChI=1S/C12H25NO/c1-3-14-12(10-13-2)9-11-7-5-4-6-8-11/h11-13H,3-10H2,1-2H3. The lowest BCUT2D eigenvalue weighted by molar-refractivity contribution is 0.0415. The van der Waals surface area contributed by atoms with Crippen LogP contribution in [0.4, 0.5) is 0 Å². The van der Waals surface area contributed by atoms with Gasteiger partial charge < -0.3 is 10.1 Å². The van der Waals surface area contributed by atoms with Gasteiger partial charge in [0.1, 0.15) is 0 Å². The van der Waals surface area contributed by atoms with Gasteiger partial charge in [-0.1, -0.05) is 32.1 Å². The first-order chi connectivity index (χ1) is 6.86. The van der Waals surface area contributed by atoms with Crippen LogP contribution in [0.1, 0.15) is 45.4 Å². The Bertz CT molecular complexity index is 126. The number of hydrogen-bond acceptors (Lipinski definition) is 2. The Balaban J connectivity index is 2.21. The van der Waals surface area contributed by atoms with Crippen LogP contribution < -0.4 is 5.32 Å². The third-order valence-corrected chi connectivity index (χ3v) is 3.16. The monoisotopic (exact) mass is 199 g/mol. The predicted molar refractivity (Wildman–Crippen MR) is 60.5 cm³/mol. The van der Waals surface area contributed by atoms with Gasteiger partial charge in [-0.05, 0) is 26.3 Å². The predicted octanol–water partition coefficient (Wildman–Crippen LogP) is 2.58. The van der Waals surface area contributed by atoms with Gasteiger partial charge >= 0.3 is 0 Å². The van der Waals surface area contributed by atoms with Crippen LogP contribution in [0.15, 0.2) is 0 Å². The Morgan fingerprint density at radius 2 is 2.00 bits per heavy atom. The Morgan fingerprint density at radius 3 is 2.57 bits per heavy atom. The third-order valence-electron chi connectivity index (χ3n) is 3.16. The van der Waals surface area contributed by atoms with Crippen LogP contribution >= 0.6 is 0 Å². The smallest absolute Gasteiger partial charge is 0.0701 e. The summed E-state index contributed by atoms with van der Waals surface area (Å²) in [6.07, 6.45) is 8.86. The van der Waals surface area contributed by atoms with Crippen LogP contribution in [-0.2, 0) is 4.74 Å². The maximum absolute atomic E-state index is 5.72. The first-order valence-electron chi connectivity index (χ1n) is 6.13. The average Bonchev–Trinajstić information content (AvgIpc) is 2.20. The Labute approximate surface area is 88.4 Å². The molecule has 14 heavy (non-hydrogen) atoms. The Hall–Kier alpha value is -0.0800. The van der Waals surface area contributed by atoms with Gasteiger partial charge in [0, 0.05) is 13.2 Å². The maximum atomic E-state index is 5.72. The number of ether oxygens (including phenoxy) is 1. The summed E-state index contributed by atoms with van der Waals surface area (Å²) < 4.78 is 5.72. The highest BCUT2D eigenvalue weighted by Crippen LogP contribution is 2.27. The lowest BCUT2D eigenvalue weighted by Gasteiger charge is -2.26. The van der Waals surface area contributed by atoms with E-state index in [9.17, 15) is 0 Å². The fourth-order valence-electron chi connectivity index (χ4n) is 2.47. The zero-order valence-electron chi connectivity index (χ0n) is 9.72. The maximum Gasteiger partial charge on any atom is 0.0701 e. The number of likely N-dealkylation sites (N-methyl/N-ethyl adjacent to an activating group) is 1. The fourth-order valence-corrected chi connectivity index (χ4v) is 2.47. The summed E-state index contributed by atoms with van der Waals surface area (Å²) in [5, 5.41) is 3.22. The molecular weight excluding hydrogens is 174 g/mol. The van der Waals surface area contributed by atoms with Gasteiger partial charge in [-0.2, -0.15) is 0 Å². The normalized spacial score (nSPS) is 21.0. The van der Waals surface area contributed by atoms with Crippen LogP contribution in [0.3, 0.4) is 0 Å². The summed E-state index contributed by atoms with van der Waals surface area (Å²) in [6.45, 7) is 3.94. The van der Waals surface area contributed by atoms with E-state index in [4.69, 9.17) is 4.74 Å². The summed E-state index contributed by atoms with van der Waals surface area (Å²) in [5.41, 5.74) is 0. The van der Waals surface area contributed by atoms with Crippen molar-refractivity contribution < 1.29 is 4.74 Å². The zero-order valence-corrected chi connectivity index (χ0v) is 9.72. The molecule has 1 atom stereocenters. The molecule has 84 valence electrons. The minimum Gasteiger partial charge on any atom is -0.377 e. The van der Waals surface area contributed by atoms with E-state index in [0.29, 0.717) is 6.10 Å². The highest BCUT2D eigenvalue weighted by Gasteiger charge is 2.18. The van der Waals surface area contributed by atoms with Crippen LogP contribution in [0.5, 0.6) is 0 Å². The molecule has 2 nitrogen and oxygen atoms in total. The molecule has 0 radical (unpaired) electrons. The SMILES string of the molecule is CCOC(CNC)CC1CCCCC1. The molecule has 0 heterocycles. The third kappa shape index (κ3) is 4.43.